The van der Waals surface area contributed by atoms with Gasteiger partial charge in [0.05, 0.1) is 5.69 Å². The summed E-state index contributed by atoms with van der Waals surface area (Å²) in [5.74, 6) is 3.15. The van der Waals surface area contributed by atoms with Crippen LogP contribution in [-0.2, 0) is 0 Å². The number of ether oxygens (including phenoxy) is 1. The monoisotopic (exact) mass is 407 g/mol. The Morgan fingerprint density at radius 3 is 2.50 bits per heavy atom. The maximum atomic E-state index is 12.4. The standard InChI is InChI=1S/C24H26FN3O2/c1-28(19-9-15-2-3-16(8-15)10-19)24-7-6-22(26-27-24)21-12-17-4-5-20(30-14-25)11-18(17)13-23(21)29/h4-7,11-13,15-16,19,29H,2-3,8-10,14H2,1H3/t15-,16+,19?. The SMILES string of the molecule is CN(c1ccc(-c2cc3ccc(OCF)cc3cc2O)nn1)C1C[C@H]2CC[C@@H](C1)C2. The van der Waals surface area contributed by atoms with E-state index in [2.05, 4.69) is 22.1 Å². The summed E-state index contributed by atoms with van der Waals surface area (Å²) in [5, 5.41) is 21.1. The maximum absolute atomic E-state index is 12.4. The quantitative estimate of drug-likeness (QED) is 0.620. The molecule has 5 nitrogen and oxygen atoms in total. The molecule has 156 valence electrons. The van der Waals surface area contributed by atoms with Gasteiger partial charge in [-0.15, -0.1) is 10.2 Å². The molecule has 1 aromatic heterocycles. The summed E-state index contributed by atoms with van der Waals surface area (Å²) >= 11 is 0. The molecule has 0 saturated heterocycles. The van der Waals surface area contributed by atoms with Crippen LogP contribution in [0.2, 0.25) is 0 Å². The van der Waals surface area contributed by atoms with Crippen molar-refractivity contribution in [1.82, 2.24) is 10.2 Å². The predicted molar refractivity (Wildman–Crippen MR) is 115 cm³/mol. The van der Waals surface area contributed by atoms with Crippen molar-refractivity contribution < 1.29 is 14.2 Å². The second-order valence-electron chi connectivity index (χ2n) is 8.69. The summed E-state index contributed by atoms with van der Waals surface area (Å²) in [6.45, 7) is -0.881. The van der Waals surface area contributed by atoms with Crippen LogP contribution < -0.4 is 9.64 Å². The van der Waals surface area contributed by atoms with Gasteiger partial charge in [0.1, 0.15) is 11.5 Å². The molecule has 3 atom stereocenters. The smallest absolute Gasteiger partial charge is 0.228 e. The van der Waals surface area contributed by atoms with Crippen LogP contribution in [0.25, 0.3) is 22.0 Å². The van der Waals surface area contributed by atoms with Crippen molar-refractivity contribution in [3.05, 3.63) is 42.5 Å². The van der Waals surface area contributed by atoms with Gasteiger partial charge in [-0.25, -0.2) is 4.39 Å². The third-order valence-corrected chi connectivity index (χ3v) is 6.84. The van der Waals surface area contributed by atoms with Crippen molar-refractivity contribution in [3.63, 3.8) is 0 Å². The largest absolute Gasteiger partial charge is 0.507 e. The Kier molecular flexibility index (Phi) is 4.93. The third-order valence-electron chi connectivity index (χ3n) is 6.84. The van der Waals surface area contributed by atoms with Crippen molar-refractivity contribution in [1.29, 1.82) is 0 Å². The highest BCUT2D eigenvalue weighted by atomic mass is 19.1. The van der Waals surface area contributed by atoms with Gasteiger partial charge < -0.3 is 14.7 Å². The average Bonchev–Trinajstić information content (AvgIpc) is 3.10. The first-order valence-corrected chi connectivity index (χ1v) is 10.6. The molecular weight excluding hydrogens is 381 g/mol. The summed E-state index contributed by atoms with van der Waals surface area (Å²) < 4.78 is 17.3. The lowest BCUT2D eigenvalue weighted by atomic mass is 9.85. The molecule has 0 amide bonds. The van der Waals surface area contributed by atoms with E-state index in [0.717, 1.165) is 28.4 Å². The summed E-state index contributed by atoms with van der Waals surface area (Å²) in [6.07, 6.45) is 6.65. The van der Waals surface area contributed by atoms with Gasteiger partial charge in [0.25, 0.3) is 0 Å². The van der Waals surface area contributed by atoms with Gasteiger partial charge in [-0.3, -0.25) is 0 Å². The van der Waals surface area contributed by atoms with E-state index in [-0.39, 0.29) is 5.75 Å². The number of hydrogen-bond donors (Lipinski definition) is 1. The van der Waals surface area contributed by atoms with Gasteiger partial charge >= 0.3 is 0 Å². The summed E-state index contributed by atoms with van der Waals surface area (Å²) in [4.78, 5) is 2.27. The zero-order valence-electron chi connectivity index (χ0n) is 17.1. The molecule has 2 aromatic carbocycles. The molecule has 1 heterocycles. The van der Waals surface area contributed by atoms with Crippen LogP contribution >= 0.6 is 0 Å². The zero-order chi connectivity index (χ0) is 20.7. The fourth-order valence-electron chi connectivity index (χ4n) is 5.25. The van der Waals surface area contributed by atoms with E-state index in [1.165, 1.54) is 32.1 Å². The van der Waals surface area contributed by atoms with E-state index in [4.69, 9.17) is 4.74 Å². The van der Waals surface area contributed by atoms with Gasteiger partial charge in [0.2, 0.25) is 6.86 Å². The number of phenols is 1. The molecule has 0 aliphatic heterocycles. The number of hydrogen-bond acceptors (Lipinski definition) is 5. The Morgan fingerprint density at radius 2 is 1.80 bits per heavy atom. The molecule has 2 fully saturated rings. The molecule has 30 heavy (non-hydrogen) atoms. The van der Waals surface area contributed by atoms with Crippen LogP contribution in [0.3, 0.4) is 0 Å². The van der Waals surface area contributed by atoms with Gasteiger partial charge in [-0.2, -0.15) is 0 Å². The molecule has 0 spiro atoms. The first-order valence-electron chi connectivity index (χ1n) is 10.6. The lowest BCUT2D eigenvalue weighted by molar-refractivity contribution is 0.192. The third kappa shape index (κ3) is 3.55. The van der Waals surface area contributed by atoms with Crippen LogP contribution in [0.15, 0.2) is 42.5 Å². The van der Waals surface area contributed by atoms with Gasteiger partial charge in [-0.1, -0.05) is 18.9 Å². The van der Waals surface area contributed by atoms with E-state index in [1.54, 1.807) is 18.2 Å². The summed E-state index contributed by atoms with van der Waals surface area (Å²) in [6, 6.07) is 13.2. The fourth-order valence-corrected chi connectivity index (χ4v) is 5.25. The second-order valence-corrected chi connectivity index (χ2v) is 8.69. The predicted octanol–water partition coefficient (Wildman–Crippen LogP) is 5.32. The molecule has 1 N–H and O–H groups in total. The number of fused-ring (bicyclic) bond motifs is 3. The number of rotatable bonds is 5. The number of alkyl halides is 1. The van der Waals surface area contributed by atoms with Crippen LogP contribution in [0.1, 0.15) is 32.1 Å². The Balaban J connectivity index is 1.39. The number of phenolic OH excluding ortho intramolecular Hbond substituents is 1. The molecule has 2 aliphatic carbocycles. The van der Waals surface area contributed by atoms with E-state index < -0.39 is 6.86 Å². The highest BCUT2D eigenvalue weighted by molar-refractivity contribution is 5.90. The minimum atomic E-state index is -0.881. The maximum Gasteiger partial charge on any atom is 0.228 e. The van der Waals surface area contributed by atoms with Gasteiger partial charge in [0.15, 0.2) is 5.82 Å². The van der Waals surface area contributed by atoms with E-state index in [0.29, 0.717) is 23.0 Å². The molecule has 0 radical (unpaired) electrons. The van der Waals surface area contributed by atoms with Crippen LogP contribution in [0.5, 0.6) is 11.5 Å². The first kappa shape index (κ1) is 19.1. The number of aromatic hydroxyl groups is 1. The minimum Gasteiger partial charge on any atom is -0.507 e. The zero-order valence-corrected chi connectivity index (χ0v) is 17.1. The number of aromatic nitrogens is 2. The fraction of sp³-hybridized carbons (Fsp3) is 0.417. The molecule has 2 saturated carbocycles. The van der Waals surface area contributed by atoms with Crippen molar-refractivity contribution >= 4 is 16.6 Å². The van der Waals surface area contributed by atoms with Crippen molar-refractivity contribution in [2.45, 2.75) is 38.1 Å². The Hall–Kier alpha value is -2.89. The van der Waals surface area contributed by atoms with Crippen LogP contribution in [0.4, 0.5) is 10.2 Å². The summed E-state index contributed by atoms with van der Waals surface area (Å²) in [5.41, 5.74) is 1.25. The van der Waals surface area contributed by atoms with E-state index in [9.17, 15) is 9.50 Å². The molecule has 3 aromatic rings. The number of anilines is 1. The first-order chi connectivity index (χ1) is 14.6. The highest BCUT2D eigenvalue weighted by Gasteiger charge is 2.36. The lowest BCUT2D eigenvalue weighted by Crippen LogP contribution is -2.37. The minimum absolute atomic E-state index is 0.110. The van der Waals surface area contributed by atoms with Crippen molar-refractivity contribution in [2.24, 2.45) is 11.8 Å². The highest BCUT2D eigenvalue weighted by Crippen LogP contribution is 2.44. The normalized spacial score (nSPS) is 22.9. The average molecular weight is 407 g/mol. The number of nitrogens with zero attached hydrogens (tertiary/aromatic N) is 3. The van der Waals surface area contributed by atoms with Gasteiger partial charge in [0, 0.05) is 18.7 Å². The van der Waals surface area contributed by atoms with Crippen LogP contribution in [-0.4, -0.2) is 35.3 Å². The van der Waals surface area contributed by atoms with Crippen molar-refractivity contribution in [2.75, 3.05) is 18.8 Å². The molecular formula is C24H26FN3O2. The Morgan fingerprint density at radius 1 is 1.00 bits per heavy atom. The lowest BCUT2D eigenvalue weighted by Gasteiger charge is -2.35. The number of benzene rings is 2. The Labute approximate surface area is 175 Å². The molecule has 6 heteroatoms. The summed E-state index contributed by atoms with van der Waals surface area (Å²) in [7, 11) is 2.11. The Bertz CT molecular complexity index is 1040. The van der Waals surface area contributed by atoms with Crippen molar-refractivity contribution in [3.8, 4) is 22.8 Å². The molecule has 1 unspecified atom stereocenters. The number of halogens is 1. The van der Waals surface area contributed by atoms with E-state index in [1.807, 2.05) is 24.3 Å². The molecule has 2 aliphatic rings. The second kappa shape index (κ2) is 7.74. The van der Waals surface area contributed by atoms with Gasteiger partial charge in [-0.05, 0) is 78.3 Å². The molecule has 2 bridgehead atoms. The molecule has 5 rings (SSSR count). The van der Waals surface area contributed by atoms with Crippen LogP contribution in [0, 0.1) is 11.8 Å². The topological polar surface area (TPSA) is 58.5 Å². The van der Waals surface area contributed by atoms with E-state index >= 15 is 0 Å².